The standard InChI is InChI=1S/C16H19N7O2S/c1-11-12(4-7-26-11)8-16(24)22-5-6-25-13(10-22)9-17-14-2-3-15-18-20-21-23(15)19-14/h2-4,7,13H,5-6,8-10H2,1H3,(H,17,19). The van der Waals surface area contributed by atoms with Gasteiger partial charge in [-0.3, -0.25) is 4.79 Å². The molecule has 4 heterocycles. The minimum atomic E-state index is -0.0809. The summed E-state index contributed by atoms with van der Waals surface area (Å²) in [5.74, 6) is 0.804. The fourth-order valence-corrected chi connectivity index (χ4v) is 3.63. The molecule has 1 N–H and O–H groups in total. The molecule has 0 saturated carbocycles. The number of morpholine rings is 1. The van der Waals surface area contributed by atoms with E-state index in [1.165, 1.54) is 9.51 Å². The average molecular weight is 373 g/mol. The number of tetrazole rings is 1. The van der Waals surface area contributed by atoms with Gasteiger partial charge in [0.05, 0.1) is 19.1 Å². The van der Waals surface area contributed by atoms with Gasteiger partial charge in [-0.15, -0.1) is 26.2 Å². The monoisotopic (exact) mass is 373 g/mol. The fraction of sp³-hybridized carbons (Fsp3) is 0.438. The second kappa shape index (κ2) is 7.34. The Labute approximate surface area is 153 Å². The average Bonchev–Trinajstić information content (AvgIpc) is 3.29. The molecule has 1 aliphatic rings. The van der Waals surface area contributed by atoms with Crippen molar-refractivity contribution in [1.82, 2.24) is 30.2 Å². The summed E-state index contributed by atoms with van der Waals surface area (Å²) in [5.41, 5.74) is 1.70. The number of anilines is 1. The molecule has 1 atom stereocenters. The number of rotatable bonds is 5. The topological polar surface area (TPSA) is 97.5 Å². The fourth-order valence-electron chi connectivity index (χ4n) is 2.90. The van der Waals surface area contributed by atoms with Crippen molar-refractivity contribution in [3.63, 3.8) is 0 Å². The highest BCUT2D eigenvalue weighted by Crippen LogP contribution is 2.17. The van der Waals surface area contributed by atoms with Gasteiger partial charge in [0.1, 0.15) is 5.82 Å². The summed E-state index contributed by atoms with van der Waals surface area (Å²) in [6.45, 7) is 4.35. The molecule has 0 aromatic carbocycles. The van der Waals surface area contributed by atoms with Crippen LogP contribution in [-0.4, -0.2) is 68.4 Å². The van der Waals surface area contributed by atoms with E-state index in [0.717, 1.165) is 5.56 Å². The van der Waals surface area contributed by atoms with Crippen molar-refractivity contribution in [2.45, 2.75) is 19.4 Å². The highest BCUT2D eigenvalue weighted by Gasteiger charge is 2.24. The highest BCUT2D eigenvalue weighted by molar-refractivity contribution is 7.10. The molecule has 136 valence electrons. The number of aryl methyl sites for hydroxylation is 1. The molecule has 1 fully saturated rings. The number of ether oxygens (including phenoxy) is 1. The maximum absolute atomic E-state index is 12.6. The van der Waals surface area contributed by atoms with Crippen LogP contribution in [-0.2, 0) is 16.0 Å². The Hall–Kier alpha value is -2.59. The summed E-state index contributed by atoms with van der Waals surface area (Å²) in [6.07, 6.45) is 0.371. The van der Waals surface area contributed by atoms with Gasteiger partial charge >= 0.3 is 0 Å². The van der Waals surface area contributed by atoms with E-state index in [4.69, 9.17) is 4.74 Å². The van der Waals surface area contributed by atoms with Gasteiger partial charge in [0.2, 0.25) is 5.91 Å². The zero-order chi connectivity index (χ0) is 17.9. The molecule has 1 amide bonds. The van der Waals surface area contributed by atoms with E-state index in [9.17, 15) is 4.79 Å². The number of hydrogen-bond acceptors (Lipinski definition) is 8. The third-order valence-electron chi connectivity index (χ3n) is 4.38. The van der Waals surface area contributed by atoms with E-state index in [-0.39, 0.29) is 12.0 Å². The number of thiophene rings is 1. The lowest BCUT2D eigenvalue weighted by Crippen LogP contribution is -2.48. The van der Waals surface area contributed by atoms with Gasteiger partial charge in [-0.05, 0) is 46.5 Å². The molecule has 10 heteroatoms. The van der Waals surface area contributed by atoms with E-state index < -0.39 is 0 Å². The normalized spacial score (nSPS) is 17.6. The van der Waals surface area contributed by atoms with Crippen molar-refractivity contribution < 1.29 is 9.53 Å². The zero-order valence-corrected chi connectivity index (χ0v) is 15.1. The predicted molar refractivity (Wildman–Crippen MR) is 96.1 cm³/mol. The molecule has 3 aromatic heterocycles. The number of hydrogen-bond donors (Lipinski definition) is 1. The van der Waals surface area contributed by atoms with Crippen molar-refractivity contribution in [1.29, 1.82) is 0 Å². The van der Waals surface area contributed by atoms with Crippen LogP contribution < -0.4 is 5.32 Å². The molecule has 0 spiro atoms. The Kier molecular flexibility index (Phi) is 4.76. The second-order valence-electron chi connectivity index (χ2n) is 6.14. The molecule has 1 saturated heterocycles. The maximum Gasteiger partial charge on any atom is 0.227 e. The Balaban J connectivity index is 1.33. The first-order valence-electron chi connectivity index (χ1n) is 8.41. The van der Waals surface area contributed by atoms with Crippen molar-refractivity contribution in [2.75, 3.05) is 31.6 Å². The van der Waals surface area contributed by atoms with E-state index in [2.05, 4.69) is 25.9 Å². The van der Waals surface area contributed by atoms with Gasteiger partial charge in [0.15, 0.2) is 5.65 Å². The third-order valence-corrected chi connectivity index (χ3v) is 5.27. The van der Waals surface area contributed by atoms with Gasteiger partial charge in [0, 0.05) is 24.5 Å². The van der Waals surface area contributed by atoms with Crippen LogP contribution in [0.5, 0.6) is 0 Å². The number of nitrogens with zero attached hydrogens (tertiary/aromatic N) is 6. The molecule has 0 bridgehead atoms. The Morgan fingerprint density at radius 1 is 1.42 bits per heavy atom. The predicted octanol–water partition coefficient (Wildman–Crippen LogP) is 0.771. The number of carbonyl (C=O) groups is 1. The van der Waals surface area contributed by atoms with E-state index >= 15 is 0 Å². The summed E-state index contributed by atoms with van der Waals surface area (Å²) in [5, 5.41) is 20.7. The van der Waals surface area contributed by atoms with Gasteiger partial charge in [-0.25, -0.2) is 0 Å². The van der Waals surface area contributed by atoms with Crippen LogP contribution in [0.4, 0.5) is 5.82 Å². The van der Waals surface area contributed by atoms with Crippen LogP contribution in [0.1, 0.15) is 10.4 Å². The first-order chi connectivity index (χ1) is 12.7. The van der Waals surface area contributed by atoms with Crippen molar-refractivity contribution in [2.24, 2.45) is 0 Å². The second-order valence-corrected chi connectivity index (χ2v) is 7.26. The van der Waals surface area contributed by atoms with Gasteiger partial charge < -0.3 is 15.0 Å². The van der Waals surface area contributed by atoms with Crippen LogP contribution in [0, 0.1) is 6.92 Å². The summed E-state index contributed by atoms with van der Waals surface area (Å²) in [4.78, 5) is 15.7. The largest absolute Gasteiger partial charge is 0.373 e. The van der Waals surface area contributed by atoms with Crippen LogP contribution >= 0.6 is 11.3 Å². The molecular formula is C16H19N7O2S. The number of aromatic nitrogens is 5. The smallest absolute Gasteiger partial charge is 0.227 e. The summed E-state index contributed by atoms with van der Waals surface area (Å²) in [7, 11) is 0. The Morgan fingerprint density at radius 2 is 2.35 bits per heavy atom. The van der Waals surface area contributed by atoms with Crippen LogP contribution in [0.2, 0.25) is 0 Å². The number of carbonyl (C=O) groups excluding carboxylic acids is 1. The molecule has 1 unspecified atom stereocenters. The third kappa shape index (κ3) is 3.65. The van der Waals surface area contributed by atoms with E-state index in [1.807, 2.05) is 29.3 Å². The maximum atomic E-state index is 12.6. The molecule has 4 rings (SSSR count). The number of nitrogens with one attached hydrogen (secondary N) is 1. The Bertz CT molecular complexity index is 909. The van der Waals surface area contributed by atoms with Gasteiger partial charge in [0.25, 0.3) is 0 Å². The van der Waals surface area contributed by atoms with Crippen molar-refractivity contribution >= 4 is 28.7 Å². The molecule has 0 radical (unpaired) electrons. The lowest BCUT2D eigenvalue weighted by Gasteiger charge is -2.33. The van der Waals surface area contributed by atoms with E-state index in [1.54, 1.807) is 17.4 Å². The van der Waals surface area contributed by atoms with Crippen molar-refractivity contribution in [3.05, 3.63) is 34.0 Å². The van der Waals surface area contributed by atoms with Crippen molar-refractivity contribution in [3.8, 4) is 0 Å². The summed E-state index contributed by atoms with van der Waals surface area (Å²) < 4.78 is 7.15. The van der Waals surface area contributed by atoms with Crippen LogP contribution in [0.25, 0.3) is 5.65 Å². The highest BCUT2D eigenvalue weighted by atomic mass is 32.1. The molecule has 9 nitrogen and oxygen atoms in total. The summed E-state index contributed by atoms with van der Waals surface area (Å²) >= 11 is 1.67. The summed E-state index contributed by atoms with van der Waals surface area (Å²) in [6, 6.07) is 5.63. The minimum Gasteiger partial charge on any atom is -0.373 e. The molecule has 26 heavy (non-hydrogen) atoms. The number of amides is 1. The Morgan fingerprint density at radius 3 is 3.19 bits per heavy atom. The molecule has 3 aromatic rings. The quantitative estimate of drug-likeness (QED) is 0.705. The minimum absolute atomic E-state index is 0.0809. The molecule has 0 aliphatic carbocycles. The van der Waals surface area contributed by atoms with Crippen LogP contribution in [0.3, 0.4) is 0 Å². The molecular weight excluding hydrogens is 354 g/mol. The van der Waals surface area contributed by atoms with Gasteiger partial charge in [-0.1, -0.05) is 0 Å². The SMILES string of the molecule is Cc1sccc1CC(=O)N1CCOC(CNc2ccc3nnnn3n2)C1. The lowest BCUT2D eigenvalue weighted by atomic mass is 10.1. The van der Waals surface area contributed by atoms with Crippen LogP contribution in [0.15, 0.2) is 23.6 Å². The van der Waals surface area contributed by atoms with Gasteiger partial charge in [-0.2, -0.15) is 0 Å². The lowest BCUT2D eigenvalue weighted by molar-refractivity contribution is -0.137. The first kappa shape index (κ1) is 16.9. The number of fused-ring (bicyclic) bond motifs is 1. The zero-order valence-electron chi connectivity index (χ0n) is 14.3. The molecule has 1 aliphatic heterocycles. The van der Waals surface area contributed by atoms with E-state index in [0.29, 0.717) is 44.1 Å². The first-order valence-corrected chi connectivity index (χ1v) is 9.28.